The van der Waals surface area contributed by atoms with E-state index < -0.39 is 5.54 Å². The highest BCUT2D eigenvalue weighted by molar-refractivity contribution is 7.13. The fourth-order valence-corrected chi connectivity index (χ4v) is 2.30. The Hall–Kier alpha value is -1.14. The minimum Gasteiger partial charge on any atom is -0.349 e. The number of thiazole rings is 1. The zero-order valence-electron chi connectivity index (χ0n) is 11.8. The molecule has 7 heteroatoms. The van der Waals surface area contributed by atoms with E-state index in [1.54, 1.807) is 5.38 Å². The van der Waals surface area contributed by atoms with Gasteiger partial charge >= 0.3 is 0 Å². The predicted molar refractivity (Wildman–Crippen MR) is 92.6 cm³/mol. The zero-order valence-corrected chi connectivity index (χ0v) is 14.3. The van der Waals surface area contributed by atoms with Crippen LogP contribution in [0.4, 0.5) is 0 Å². The first kappa shape index (κ1) is 19.9. The van der Waals surface area contributed by atoms with Crippen LogP contribution in [0.3, 0.4) is 0 Å². The largest absolute Gasteiger partial charge is 0.349 e. The molecule has 1 aromatic heterocycles. The quantitative estimate of drug-likeness (QED) is 0.892. The van der Waals surface area contributed by atoms with E-state index in [1.165, 1.54) is 11.3 Å². The smallest absolute Gasteiger partial charge is 0.270 e. The highest BCUT2D eigenvalue weighted by Crippen LogP contribution is 2.23. The van der Waals surface area contributed by atoms with Crippen LogP contribution in [0.5, 0.6) is 0 Å². The number of nitrogens with zero attached hydrogens (tertiary/aromatic N) is 1. The molecule has 0 saturated carbocycles. The standard InChI is InChI=1S/C14H17N3OS.2ClH/c1-14(2,15)9-16-12(18)11-8-19-13(17-11)10-6-4-3-5-7-10;;/h3-8H,9,15H2,1-2H3,(H,16,18);2*1H. The highest BCUT2D eigenvalue weighted by Gasteiger charge is 2.15. The molecule has 3 N–H and O–H groups in total. The Labute approximate surface area is 141 Å². The number of amides is 1. The number of benzene rings is 1. The van der Waals surface area contributed by atoms with Gasteiger partial charge in [0.15, 0.2) is 0 Å². The van der Waals surface area contributed by atoms with Crippen LogP contribution in [0.2, 0.25) is 0 Å². The normalized spacial score (nSPS) is 10.2. The van der Waals surface area contributed by atoms with E-state index in [9.17, 15) is 4.79 Å². The fraction of sp³-hybridized carbons (Fsp3) is 0.286. The maximum absolute atomic E-state index is 11.9. The number of carbonyl (C=O) groups excluding carboxylic acids is 1. The summed E-state index contributed by atoms with van der Waals surface area (Å²) in [7, 11) is 0. The molecule has 0 aliphatic carbocycles. The van der Waals surface area contributed by atoms with Crippen molar-refractivity contribution < 1.29 is 4.79 Å². The first-order valence-electron chi connectivity index (χ1n) is 6.04. The van der Waals surface area contributed by atoms with Crippen molar-refractivity contribution in [3.8, 4) is 10.6 Å². The third-order valence-electron chi connectivity index (χ3n) is 2.46. The highest BCUT2D eigenvalue weighted by atomic mass is 35.5. The molecule has 0 atom stereocenters. The minimum absolute atomic E-state index is 0. The Balaban J connectivity index is 0.00000200. The third kappa shape index (κ3) is 6.01. The molecule has 0 fully saturated rings. The summed E-state index contributed by atoms with van der Waals surface area (Å²) in [5.74, 6) is -0.183. The van der Waals surface area contributed by atoms with Crippen LogP contribution in [0.1, 0.15) is 24.3 Å². The zero-order chi connectivity index (χ0) is 13.9. The minimum atomic E-state index is -0.423. The van der Waals surface area contributed by atoms with Gasteiger partial charge in [0.25, 0.3) is 5.91 Å². The van der Waals surface area contributed by atoms with Crippen molar-refractivity contribution in [1.29, 1.82) is 0 Å². The molecule has 0 bridgehead atoms. The average Bonchev–Trinajstić information content (AvgIpc) is 2.86. The van der Waals surface area contributed by atoms with E-state index in [0.29, 0.717) is 12.2 Å². The monoisotopic (exact) mass is 347 g/mol. The number of nitrogens with two attached hydrogens (primary N) is 1. The van der Waals surface area contributed by atoms with Gasteiger partial charge in [0.1, 0.15) is 10.7 Å². The summed E-state index contributed by atoms with van der Waals surface area (Å²) in [6.07, 6.45) is 0. The molecule has 1 aromatic carbocycles. The van der Waals surface area contributed by atoms with Gasteiger partial charge in [-0.3, -0.25) is 4.79 Å². The number of halogens is 2. The molecule has 0 aliphatic rings. The first-order chi connectivity index (χ1) is 8.96. The molecule has 116 valence electrons. The van der Waals surface area contributed by atoms with E-state index in [4.69, 9.17) is 5.73 Å². The van der Waals surface area contributed by atoms with Crippen LogP contribution >= 0.6 is 36.2 Å². The molecule has 0 saturated heterocycles. The van der Waals surface area contributed by atoms with Crippen molar-refractivity contribution in [3.63, 3.8) is 0 Å². The predicted octanol–water partition coefficient (Wildman–Crippen LogP) is 3.12. The van der Waals surface area contributed by atoms with Gasteiger partial charge in [0.2, 0.25) is 0 Å². The van der Waals surface area contributed by atoms with Crippen molar-refractivity contribution >= 4 is 42.1 Å². The Bertz CT molecular complexity index is 567. The molecule has 1 amide bonds. The SMILES string of the molecule is CC(C)(N)CNC(=O)c1csc(-c2ccccc2)n1.Cl.Cl. The summed E-state index contributed by atoms with van der Waals surface area (Å²) < 4.78 is 0. The topological polar surface area (TPSA) is 68.0 Å². The molecule has 2 aromatic rings. The number of hydrogen-bond donors (Lipinski definition) is 2. The van der Waals surface area contributed by atoms with Crippen LogP contribution in [0, 0.1) is 0 Å². The molecule has 0 unspecified atom stereocenters. The van der Waals surface area contributed by atoms with Crippen LogP contribution < -0.4 is 11.1 Å². The van der Waals surface area contributed by atoms with Crippen molar-refractivity contribution in [2.24, 2.45) is 5.73 Å². The second-order valence-corrected chi connectivity index (χ2v) is 5.93. The Morgan fingerprint density at radius 2 is 1.90 bits per heavy atom. The molecule has 0 aliphatic heterocycles. The molecule has 0 radical (unpaired) electrons. The van der Waals surface area contributed by atoms with Gasteiger partial charge in [-0.15, -0.1) is 36.2 Å². The maximum atomic E-state index is 11.9. The van der Waals surface area contributed by atoms with Crippen molar-refractivity contribution in [3.05, 3.63) is 41.4 Å². The summed E-state index contributed by atoms with van der Waals surface area (Å²) in [6.45, 7) is 4.15. The summed E-state index contributed by atoms with van der Waals surface area (Å²) >= 11 is 1.46. The molecule has 21 heavy (non-hydrogen) atoms. The maximum Gasteiger partial charge on any atom is 0.270 e. The molecular weight excluding hydrogens is 329 g/mol. The summed E-state index contributed by atoms with van der Waals surface area (Å²) in [5, 5.41) is 5.39. The Kier molecular flexibility index (Phi) is 7.89. The summed E-state index contributed by atoms with van der Waals surface area (Å²) in [6, 6.07) is 9.81. The van der Waals surface area contributed by atoms with Gasteiger partial charge in [-0.25, -0.2) is 4.98 Å². The van der Waals surface area contributed by atoms with E-state index >= 15 is 0 Å². The lowest BCUT2D eigenvalue weighted by Gasteiger charge is -2.18. The average molecular weight is 348 g/mol. The number of aromatic nitrogens is 1. The van der Waals surface area contributed by atoms with Gasteiger partial charge < -0.3 is 11.1 Å². The van der Waals surface area contributed by atoms with Crippen LogP contribution in [0.25, 0.3) is 10.6 Å². The lowest BCUT2D eigenvalue weighted by atomic mass is 10.1. The van der Waals surface area contributed by atoms with Crippen LogP contribution in [-0.2, 0) is 0 Å². The second kappa shape index (κ2) is 8.34. The van der Waals surface area contributed by atoms with Crippen LogP contribution in [-0.4, -0.2) is 23.0 Å². The molecule has 0 spiro atoms. The molecule has 4 nitrogen and oxygen atoms in total. The van der Waals surface area contributed by atoms with Crippen molar-refractivity contribution in [2.75, 3.05) is 6.54 Å². The Morgan fingerprint density at radius 1 is 1.29 bits per heavy atom. The van der Waals surface area contributed by atoms with Crippen LogP contribution in [0.15, 0.2) is 35.7 Å². The van der Waals surface area contributed by atoms with Crippen molar-refractivity contribution in [1.82, 2.24) is 10.3 Å². The fourth-order valence-electron chi connectivity index (χ4n) is 1.49. The summed E-state index contributed by atoms with van der Waals surface area (Å²) in [4.78, 5) is 16.3. The van der Waals surface area contributed by atoms with Gasteiger partial charge in [-0.05, 0) is 13.8 Å². The first-order valence-corrected chi connectivity index (χ1v) is 6.92. The van der Waals surface area contributed by atoms with E-state index in [2.05, 4.69) is 10.3 Å². The molecule has 1 heterocycles. The van der Waals surface area contributed by atoms with E-state index in [0.717, 1.165) is 10.6 Å². The molecule has 2 rings (SSSR count). The van der Waals surface area contributed by atoms with E-state index in [-0.39, 0.29) is 30.7 Å². The molecular formula is C14H19Cl2N3OS. The van der Waals surface area contributed by atoms with Gasteiger partial charge in [-0.1, -0.05) is 30.3 Å². The van der Waals surface area contributed by atoms with Crippen molar-refractivity contribution in [2.45, 2.75) is 19.4 Å². The lowest BCUT2D eigenvalue weighted by molar-refractivity contribution is 0.0942. The number of carbonyl (C=O) groups is 1. The van der Waals surface area contributed by atoms with Gasteiger partial charge in [0, 0.05) is 23.0 Å². The van der Waals surface area contributed by atoms with Gasteiger partial charge in [0.05, 0.1) is 0 Å². The second-order valence-electron chi connectivity index (χ2n) is 5.08. The number of rotatable bonds is 4. The summed E-state index contributed by atoms with van der Waals surface area (Å²) in [5.41, 5.74) is 6.86. The van der Waals surface area contributed by atoms with Gasteiger partial charge in [-0.2, -0.15) is 0 Å². The van der Waals surface area contributed by atoms with E-state index in [1.807, 2.05) is 44.2 Å². The Morgan fingerprint density at radius 3 is 2.48 bits per heavy atom. The lowest BCUT2D eigenvalue weighted by Crippen LogP contribution is -2.45. The number of hydrogen-bond acceptors (Lipinski definition) is 4. The third-order valence-corrected chi connectivity index (χ3v) is 3.35. The number of nitrogens with one attached hydrogen (secondary N) is 1.